The van der Waals surface area contributed by atoms with E-state index < -0.39 is 10.0 Å². The summed E-state index contributed by atoms with van der Waals surface area (Å²) in [5.74, 6) is -0.265. The molecule has 0 bridgehead atoms. The number of anilines is 1. The predicted octanol–water partition coefficient (Wildman–Crippen LogP) is 0.998. The highest BCUT2D eigenvalue weighted by molar-refractivity contribution is 7.92. The molecule has 5 nitrogen and oxygen atoms in total. The van der Waals surface area contributed by atoms with Gasteiger partial charge in [-0.2, -0.15) is 0 Å². The number of carbonyl (C=O) groups excluding carboxylic acids is 1. The Kier molecular flexibility index (Phi) is 4.49. The van der Waals surface area contributed by atoms with Crippen molar-refractivity contribution in [2.75, 3.05) is 24.2 Å². The summed E-state index contributed by atoms with van der Waals surface area (Å²) in [4.78, 5) is 11.7. The van der Waals surface area contributed by atoms with Crippen molar-refractivity contribution in [3.8, 4) is 0 Å². The van der Waals surface area contributed by atoms with Gasteiger partial charge in [-0.15, -0.1) is 6.58 Å². The molecular formula is C12H16N2O3S. The van der Waals surface area contributed by atoms with Gasteiger partial charge in [0.15, 0.2) is 0 Å². The lowest BCUT2D eigenvalue weighted by atomic mass is 10.2. The number of benzene rings is 1. The highest BCUT2D eigenvalue weighted by Gasteiger charge is 2.13. The largest absolute Gasteiger partial charge is 0.349 e. The number of sulfonamides is 1. The molecule has 98 valence electrons. The lowest BCUT2D eigenvalue weighted by Crippen LogP contribution is -2.26. The molecule has 0 unspecified atom stereocenters. The molecule has 1 amide bonds. The Morgan fingerprint density at radius 1 is 1.50 bits per heavy atom. The van der Waals surface area contributed by atoms with E-state index in [1.807, 2.05) is 0 Å². The Morgan fingerprint density at radius 2 is 2.17 bits per heavy atom. The van der Waals surface area contributed by atoms with E-state index in [1.54, 1.807) is 24.3 Å². The molecule has 1 aromatic carbocycles. The van der Waals surface area contributed by atoms with Gasteiger partial charge in [-0.05, 0) is 18.2 Å². The summed E-state index contributed by atoms with van der Waals surface area (Å²) in [5.41, 5.74) is 0.855. The zero-order chi connectivity index (χ0) is 13.8. The van der Waals surface area contributed by atoms with Crippen LogP contribution >= 0.6 is 0 Å². The van der Waals surface area contributed by atoms with Crippen LogP contribution in [0.25, 0.3) is 0 Å². The molecule has 0 heterocycles. The van der Waals surface area contributed by atoms with Gasteiger partial charge < -0.3 is 5.32 Å². The molecule has 0 aliphatic carbocycles. The van der Waals surface area contributed by atoms with Crippen LogP contribution in [0.2, 0.25) is 0 Å². The number of hydrogen-bond donors (Lipinski definition) is 1. The quantitative estimate of drug-likeness (QED) is 0.810. The van der Waals surface area contributed by atoms with Gasteiger partial charge in [0.2, 0.25) is 10.0 Å². The van der Waals surface area contributed by atoms with Gasteiger partial charge in [-0.1, -0.05) is 12.1 Å². The van der Waals surface area contributed by atoms with E-state index in [4.69, 9.17) is 0 Å². The van der Waals surface area contributed by atoms with Crippen LogP contribution in [0.4, 0.5) is 5.69 Å². The number of nitrogens with one attached hydrogen (secondary N) is 1. The van der Waals surface area contributed by atoms with E-state index in [9.17, 15) is 13.2 Å². The van der Waals surface area contributed by atoms with E-state index in [2.05, 4.69) is 11.9 Å². The molecule has 0 radical (unpaired) electrons. The van der Waals surface area contributed by atoms with Crippen molar-refractivity contribution >= 4 is 21.6 Å². The van der Waals surface area contributed by atoms with Crippen LogP contribution in [-0.2, 0) is 10.0 Å². The van der Waals surface area contributed by atoms with Gasteiger partial charge >= 0.3 is 0 Å². The average Bonchev–Trinajstić information content (AvgIpc) is 2.34. The first-order chi connectivity index (χ1) is 8.36. The van der Waals surface area contributed by atoms with E-state index in [0.29, 0.717) is 17.8 Å². The van der Waals surface area contributed by atoms with Crippen LogP contribution in [-0.4, -0.2) is 34.2 Å². The summed E-state index contributed by atoms with van der Waals surface area (Å²) < 4.78 is 23.9. The minimum Gasteiger partial charge on any atom is -0.349 e. The van der Waals surface area contributed by atoms with Gasteiger partial charge in [0.1, 0.15) is 0 Å². The second kappa shape index (κ2) is 5.68. The van der Waals surface area contributed by atoms with E-state index in [1.165, 1.54) is 13.1 Å². The van der Waals surface area contributed by atoms with Crippen molar-refractivity contribution in [3.63, 3.8) is 0 Å². The third-order valence-corrected chi connectivity index (χ3v) is 3.58. The van der Waals surface area contributed by atoms with Crippen LogP contribution in [0, 0.1) is 0 Å². The van der Waals surface area contributed by atoms with Crippen LogP contribution in [0.1, 0.15) is 10.4 Å². The van der Waals surface area contributed by atoms with Crippen molar-refractivity contribution in [3.05, 3.63) is 42.5 Å². The van der Waals surface area contributed by atoms with Crippen LogP contribution < -0.4 is 9.62 Å². The van der Waals surface area contributed by atoms with Crippen molar-refractivity contribution in [2.45, 2.75) is 0 Å². The standard InChI is InChI=1S/C12H16N2O3S/c1-4-8-13-12(15)10-6-5-7-11(9-10)14(2)18(3,16)17/h4-7,9H,1,8H2,2-3H3,(H,13,15). The Balaban J connectivity index is 2.99. The molecule has 0 aliphatic heterocycles. The van der Waals surface area contributed by atoms with E-state index in [0.717, 1.165) is 10.6 Å². The number of carbonyl (C=O) groups is 1. The lowest BCUT2D eigenvalue weighted by Gasteiger charge is -2.17. The van der Waals surface area contributed by atoms with Crippen molar-refractivity contribution in [1.82, 2.24) is 5.32 Å². The van der Waals surface area contributed by atoms with Crippen molar-refractivity contribution in [1.29, 1.82) is 0 Å². The first-order valence-electron chi connectivity index (χ1n) is 5.29. The Hall–Kier alpha value is -1.82. The fourth-order valence-electron chi connectivity index (χ4n) is 1.30. The van der Waals surface area contributed by atoms with Crippen LogP contribution in [0.15, 0.2) is 36.9 Å². The molecule has 0 aliphatic rings. The van der Waals surface area contributed by atoms with Crippen molar-refractivity contribution < 1.29 is 13.2 Å². The summed E-state index contributed by atoms with van der Waals surface area (Å²) in [6.45, 7) is 3.87. The SMILES string of the molecule is C=CCNC(=O)c1cccc(N(C)S(C)(=O)=O)c1. The molecule has 0 fully saturated rings. The van der Waals surface area contributed by atoms with Gasteiger partial charge in [0.25, 0.3) is 5.91 Å². The number of nitrogens with zero attached hydrogens (tertiary/aromatic N) is 1. The normalized spacial score (nSPS) is 10.8. The number of hydrogen-bond acceptors (Lipinski definition) is 3. The van der Waals surface area contributed by atoms with E-state index in [-0.39, 0.29) is 5.91 Å². The Labute approximate surface area is 107 Å². The summed E-state index contributed by atoms with van der Waals surface area (Å²) >= 11 is 0. The molecule has 6 heteroatoms. The highest BCUT2D eigenvalue weighted by atomic mass is 32.2. The van der Waals surface area contributed by atoms with Gasteiger partial charge in [-0.25, -0.2) is 8.42 Å². The van der Waals surface area contributed by atoms with E-state index >= 15 is 0 Å². The van der Waals surface area contributed by atoms with Crippen molar-refractivity contribution in [2.24, 2.45) is 0 Å². The first-order valence-corrected chi connectivity index (χ1v) is 7.14. The Bertz CT molecular complexity index is 552. The summed E-state index contributed by atoms with van der Waals surface area (Å²) in [6, 6.07) is 6.42. The third-order valence-electron chi connectivity index (χ3n) is 2.38. The molecule has 18 heavy (non-hydrogen) atoms. The van der Waals surface area contributed by atoms with Gasteiger partial charge in [0, 0.05) is 19.2 Å². The summed E-state index contributed by atoms with van der Waals surface area (Å²) in [7, 11) is -1.89. The Morgan fingerprint density at radius 3 is 2.72 bits per heavy atom. The highest BCUT2D eigenvalue weighted by Crippen LogP contribution is 2.17. The maximum Gasteiger partial charge on any atom is 0.251 e. The molecule has 0 saturated carbocycles. The fraction of sp³-hybridized carbons (Fsp3) is 0.250. The zero-order valence-corrected chi connectivity index (χ0v) is 11.2. The summed E-state index contributed by atoms with van der Waals surface area (Å²) in [5, 5.41) is 2.63. The molecular weight excluding hydrogens is 252 g/mol. The lowest BCUT2D eigenvalue weighted by molar-refractivity contribution is 0.0958. The molecule has 0 saturated heterocycles. The molecule has 0 atom stereocenters. The van der Waals surface area contributed by atoms with Gasteiger partial charge in [-0.3, -0.25) is 9.10 Å². The predicted molar refractivity (Wildman–Crippen MR) is 72.2 cm³/mol. The minimum atomic E-state index is -3.33. The molecule has 1 N–H and O–H groups in total. The topological polar surface area (TPSA) is 66.5 Å². The zero-order valence-electron chi connectivity index (χ0n) is 10.4. The average molecular weight is 268 g/mol. The van der Waals surface area contributed by atoms with Gasteiger partial charge in [0.05, 0.1) is 11.9 Å². The molecule has 0 aromatic heterocycles. The molecule has 1 rings (SSSR count). The number of amides is 1. The fourth-order valence-corrected chi connectivity index (χ4v) is 1.80. The maximum atomic E-state index is 11.7. The number of rotatable bonds is 5. The second-order valence-corrected chi connectivity index (χ2v) is 5.79. The maximum absolute atomic E-state index is 11.7. The molecule has 1 aromatic rings. The molecule has 0 spiro atoms. The second-order valence-electron chi connectivity index (χ2n) is 3.78. The monoisotopic (exact) mass is 268 g/mol. The third kappa shape index (κ3) is 3.59. The van der Waals surface area contributed by atoms with Crippen LogP contribution in [0.3, 0.4) is 0 Å². The van der Waals surface area contributed by atoms with Crippen LogP contribution in [0.5, 0.6) is 0 Å². The minimum absolute atomic E-state index is 0.265. The smallest absolute Gasteiger partial charge is 0.251 e. The summed E-state index contributed by atoms with van der Waals surface area (Å²) in [6.07, 6.45) is 2.68. The first kappa shape index (κ1) is 14.2.